The van der Waals surface area contributed by atoms with Crippen molar-refractivity contribution in [2.45, 2.75) is 6.54 Å². The molecule has 0 aliphatic carbocycles. The summed E-state index contributed by atoms with van der Waals surface area (Å²) in [5.74, 6) is 0. The van der Waals surface area contributed by atoms with Crippen LogP contribution in [0.5, 0.6) is 0 Å². The molecule has 2 aromatic heterocycles. The molecule has 0 bridgehead atoms. The van der Waals surface area contributed by atoms with Gasteiger partial charge in [0.2, 0.25) is 0 Å². The largest absolute Gasteiger partial charge is 0.454 e. The third-order valence-electron chi connectivity index (χ3n) is 7.87. The fourth-order valence-electron chi connectivity index (χ4n) is 5.94. The SMILES string of the molecule is C(=N\Cc1ccccc1)/c1cccc(-n2c3cc(-c4ccccc4)ccc3c3ccc4c5ccccc5oc4c32)c1. The zero-order chi connectivity index (χ0) is 27.2. The number of nitrogens with zero attached hydrogens (tertiary/aromatic N) is 2. The van der Waals surface area contributed by atoms with Crippen molar-refractivity contribution < 1.29 is 4.42 Å². The molecule has 0 fully saturated rings. The van der Waals surface area contributed by atoms with Gasteiger partial charge in [-0.1, -0.05) is 109 Å². The van der Waals surface area contributed by atoms with Crippen molar-refractivity contribution in [2.24, 2.45) is 4.99 Å². The molecule has 6 aromatic carbocycles. The molecule has 0 spiro atoms. The van der Waals surface area contributed by atoms with Crippen LogP contribution in [0.25, 0.3) is 60.6 Å². The molecule has 8 aromatic rings. The van der Waals surface area contributed by atoms with E-state index in [2.05, 4.69) is 126 Å². The van der Waals surface area contributed by atoms with E-state index in [9.17, 15) is 0 Å². The number of benzene rings is 6. The lowest BCUT2D eigenvalue weighted by Gasteiger charge is -2.10. The fraction of sp³-hybridized carbons (Fsp3) is 0.0263. The molecule has 41 heavy (non-hydrogen) atoms. The second kappa shape index (κ2) is 9.65. The van der Waals surface area contributed by atoms with Crippen molar-refractivity contribution in [3.8, 4) is 16.8 Å². The van der Waals surface area contributed by atoms with E-state index in [-0.39, 0.29) is 0 Å². The number of fused-ring (bicyclic) bond motifs is 7. The molecule has 0 aliphatic heterocycles. The Bertz CT molecular complexity index is 2220. The standard InChI is InChI=1S/C38H26N2O/c1-3-10-26(11-4-1)24-39-25-27-12-9-15-30(22-27)40-35-23-29(28-13-5-2-6-14-28)18-19-31(35)33-20-21-34-32-16-7-8-17-36(32)41-38(34)37(33)40/h1-23,25H,24H2/b39-25+. The molecule has 194 valence electrons. The van der Waals surface area contributed by atoms with Crippen molar-refractivity contribution in [2.75, 3.05) is 0 Å². The molecule has 0 radical (unpaired) electrons. The third kappa shape index (κ3) is 4.02. The predicted octanol–water partition coefficient (Wildman–Crippen LogP) is 9.97. The van der Waals surface area contributed by atoms with Crippen molar-refractivity contribution in [3.05, 3.63) is 151 Å². The average Bonchev–Trinajstić information content (AvgIpc) is 3.58. The molecule has 8 rings (SSSR count). The highest BCUT2D eigenvalue weighted by Crippen LogP contribution is 2.41. The number of hydrogen-bond donors (Lipinski definition) is 0. The van der Waals surface area contributed by atoms with Crippen molar-refractivity contribution >= 4 is 50.0 Å². The maximum Gasteiger partial charge on any atom is 0.160 e. The Labute approximate surface area is 237 Å². The zero-order valence-electron chi connectivity index (χ0n) is 22.4. The van der Waals surface area contributed by atoms with E-state index in [1.807, 2.05) is 24.4 Å². The van der Waals surface area contributed by atoms with Gasteiger partial charge in [0.25, 0.3) is 0 Å². The molecule has 0 atom stereocenters. The van der Waals surface area contributed by atoms with Crippen molar-refractivity contribution in [1.82, 2.24) is 4.57 Å². The number of aromatic nitrogens is 1. The quantitative estimate of drug-likeness (QED) is 0.205. The fourth-order valence-corrected chi connectivity index (χ4v) is 5.94. The van der Waals surface area contributed by atoms with Crippen LogP contribution < -0.4 is 0 Å². The lowest BCUT2D eigenvalue weighted by Crippen LogP contribution is -1.96. The minimum Gasteiger partial charge on any atom is -0.454 e. The first-order chi connectivity index (χ1) is 20.3. The van der Waals surface area contributed by atoms with E-state index >= 15 is 0 Å². The summed E-state index contributed by atoms with van der Waals surface area (Å²) in [5.41, 5.74) is 9.75. The molecule has 2 heterocycles. The molecule has 0 aliphatic rings. The Kier molecular flexibility index (Phi) is 5.53. The second-order valence-electron chi connectivity index (χ2n) is 10.4. The summed E-state index contributed by atoms with van der Waals surface area (Å²) in [6.45, 7) is 0.653. The number of aliphatic imine (C=N–C) groups is 1. The molecule has 0 saturated carbocycles. The van der Waals surface area contributed by atoms with Crippen LogP contribution in [-0.4, -0.2) is 10.8 Å². The number of para-hydroxylation sites is 1. The van der Waals surface area contributed by atoms with Gasteiger partial charge in [-0.25, -0.2) is 0 Å². The molecule has 0 unspecified atom stereocenters. The summed E-state index contributed by atoms with van der Waals surface area (Å²) in [5, 5.41) is 4.63. The lowest BCUT2D eigenvalue weighted by molar-refractivity contribution is 0.671. The van der Waals surface area contributed by atoms with E-state index in [0.29, 0.717) is 6.54 Å². The molecular weight excluding hydrogens is 500 g/mol. The van der Waals surface area contributed by atoms with E-state index < -0.39 is 0 Å². The maximum atomic E-state index is 6.57. The minimum absolute atomic E-state index is 0.653. The minimum atomic E-state index is 0.653. The highest BCUT2D eigenvalue weighted by atomic mass is 16.3. The van der Waals surface area contributed by atoms with Gasteiger partial charge in [0.1, 0.15) is 5.58 Å². The third-order valence-corrected chi connectivity index (χ3v) is 7.87. The first-order valence-electron chi connectivity index (χ1n) is 13.9. The van der Waals surface area contributed by atoms with E-state index in [4.69, 9.17) is 9.41 Å². The van der Waals surface area contributed by atoms with Crippen LogP contribution >= 0.6 is 0 Å². The highest BCUT2D eigenvalue weighted by molar-refractivity contribution is 6.21. The van der Waals surface area contributed by atoms with Crippen LogP contribution in [0.3, 0.4) is 0 Å². The van der Waals surface area contributed by atoms with E-state index in [1.165, 1.54) is 27.5 Å². The number of hydrogen-bond acceptors (Lipinski definition) is 2. The second-order valence-corrected chi connectivity index (χ2v) is 10.4. The molecular formula is C38H26N2O. The van der Waals surface area contributed by atoms with Crippen LogP contribution in [0.1, 0.15) is 11.1 Å². The first kappa shape index (κ1) is 23.5. The van der Waals surface area contributed by atoms with Crippen LogP contribution in [0.2, 0.25) is 0 Å². The number of furan rings is 1. The highest BCUT2D eigenvalue weighted by Gasteiger charge is 2.19. The topological polar surface area (TPSA) is 30.4 Å². The Morgan fingerprint density at radius 2 is 1.34 bits per heavy atom. The van der Waals surface area contributed by atoms with Gasteiger partial charge in [0.05, 0.1) is 17.6 Å². The summed E-state index contributed by atoms with van der Waals surface area (Å²) in [6, 6.07) is 49.0. The molecule has 0 amide bonds. The van der Waals surface area contributed by atoms with Gasteiger partial charge in [-0.15, -0.1) is 0 Å². The van der Waals surface area contributed by atoms with Crippen LogP contribution in [-0.2, 0) is 6.54 Å². The monoisotopic (exact) mass is 526 g/mol. The van der Waals surface area contributed by atoms with Gasteiger partial charge in [-0.3, -0.25) is 4.99 Å². The first-order valence-corrected chi connectivity index (χ1v) is 13.9. The average molecular weight is 527 g/mol. The summed E-state index contributed by atoms with van der Waals surface area (Å²) < 4.78 is 8.93. The summed E-state index contributed by atoms with van der Waals surface area (Å²) in [4.78, 5) is 4.74. The zero-order valence-corrected chi connectivity index (χ0v) is 22.4. The van der Waals surface area contributed by atoms with Gasteiger partial charge >= 0.3 is 0 Å². The van der Waals surface area contributed by atoms with Gasteiger partial charge in [-0.05, 0) is 52.6 Å². The van der Waals surface area contributed by atoms with Gasteiger partial charge in [0.15, 0.2) is 5.58 Å². The molecule has 0 N–H and O–H groups in total. The van der Waals surface area contributed by atoms with E-state index in [1.54, 1.807) is 0 Å². The van der Waals surface area contributed by atoms with E-state index in [0.717, 1.165) is 44.2 Å². The molecule has 3 nitrogen and oxygen atoms in total. The summed E-state index contributed by atoms with van der Waals surface area (Å²) in [6.07, 6.45) is 1.97. The molecule has 0 saturated heterocycles. The summed E-state index contributed by atoms with van der Waals surface area (Å²) >= 11 is 0. The lowest BCUT2D eigenvalue weighted by atomic mass is 10.0. The van der Waals surface area contributed by atoms with Crippen LogP contribution in [0, 0.1) is 0 Å². The predicted molar refractivity (Wildman–Crippen MR) is 171 cm³/mol. The van der Waals surface area contributed by atoms with Crippen LogP contribution in [0.4, 0.5) is 0 Å². The maximum absolute atomic E-state index is 6.57. The van der Waals surface area contributed by atoms with Crippen molar-refractivity contribution in [1.29, 1.82) is 0 Å². The molecule has 3 heteroatoms. The Balaban J connectivity index is 1.37. The Morgan fingerprint density at radius 3 is 2.22 bits per heavy atom. The summed E-state index contributed by atoms with van der Waals surface area (Å²) in [7, 11) is 0. The Hall–Kier alpha value is -5.41. The van der Waals surface area contributed by atoms with Gasteiger partial charge in [0, 0.05) is 33.4 Å². The van der Waals surface area contributed by atoms with Crippen LogP contribution in [0.15, 0.2) is 149 Å². The number of rotatable bonds is 5. The normalized spacial score (nSPS) is 11.9. The van der Waals surface area contributed by atoms with Gasteiger partial charge < -0.3 is 8.98 Å². The Morgan fingerprint density at radius 1 is 0.585 bits per heavy atom. The smallest absolute Gasteiger partial charge is 0.160 e. The van der Waals surface area contributed by atoms with Crippen molar-refractivity contribution in [3.63, 3.8) is 0 Å². The van der Waals surface area contributed by atoms with Gasteiger partial charge in [-0.2, -0.15) is 0 Å².